The van der Waals surface area contributed by atoms with Crippen molar-refractivity contribution in [1.82, 2.24) is 9.88 Å². The van der Waals surface area contributed by atoms with Crippen molar-refractivity contribution in [1.29, 1.82) is 0 Å². The third-order valence-electron chi connectivity index (χ3n) is 2.99. The highest BCUT2D eigenvalue weighted by atomic mass is 32.1. The largest absolute Gasteiger partial charge is 0.481 e. The first-order chi connectivity index (χ1) is 9.79. The number of carboxylic acids is 1. The second-order valence-corrected chi connectivity index (χ2v) is 7.14. The molecule has 1 amide bonds. The third-order valence-corrected chi connectivity index (χ3v) is 5.30. The topological polar surface area (TPSA) is 73.7 Å². The molecule has 2 rings (SSSR count). The van der Waals surface area contributed by atoms with Crippen molar-refractivity contribution >= 4 is 49.2 Å². The molecule has 2 aromatic rings. The summed E-state index contributed by atoms with van der Waals surface area (Å²) in [5.74, 6) is -1.65. The number of hydrogen-bond donors (Lipinski definition) is 1. The van der Waals surface area contributed by atoms with Crippen molar-refractivity contribution in [3.8, 4) is 0 Å². The molecule has 1 atom stereocenters. The van der Waals surface area contributed by atoms with Crippen LogP contribution in [-0.2, 0) is 4.79 Å². The van der Waals surface area contributed by atoms with Crippen molar-refractivity contribution < 1.29 is 14.7 Å². The van der Waals surface area contributed by atoms with Gasteiger partial charge in [0.2, 0.25) is 0 Å². The summed E-state index contributed by atoms with van der Waals surface area (Å²) in [4.78, 5) is 32.4. The first-order valence-electron chi connectivity index (χ1n) is 6.35. The molecule has 1 unspecified atom stereocenters. The number of carboxylic acid groups (broad SMARTS) is 1. The van der Waals surface area contributed by atoms with Crippen molar-refractivity contribution in [2.75, 3.05) is 32.6 Å². The number of rotatable bonds is 5. The minimum Gasteiger partial charge on any atom is -0.481 e. The second kappa shape index (κ2) is 5.98. The number of thiazole rings is 1. The summed E-state index contributed by atoms with van der Waals surface area (Å²) >= 11 is 2.88. The molecule has 6 nitrogen and oxygen atoms in total. The molecule has 0 saturated heterocycles. The molecule has 2 aromatic heterocycles. The molecule has 0 aliphatic rings. The van der Waals surface area contributed by atoms with Gasteiger partial charge < -0.3 is 14.9 Å². The molecular weight excluding hydrogens is 310 g/mol. The molecule has 0 spiro atoms. The molecule has 0 fully saturated rings. The molecule has 1 N–H and O–H groups in total. The second-order valence-electron chi connectivity index (χ2n) is 5.10. The Balaban J connectivity index is 2.15. The maximum atomic E-state index is 12.3. The van der Waals surface area contributed by atoms with Crippen LogP contribution in [0.2, 0.25) is 0 Å². The number of anilines is 1. The van der Waals surface area contributed by atoms with Gasteiger partial charge in [-0.3, -0.25) is 9.59 Å². The Bertz CT molecular complexity index is 646. The van der Waals surface area contributed by atoms with E-state index in [1.54, 1.807) is 14.0 Å². The van der Waals surface area contributed by atoms with Crippen LogP contribution in [-0.4, -0.2) is 54.6 Å². The van der Waals surface area contributed by atoms with E-state index in [9.17, 15) is 9.59 Å². The van der Waals surface area contributed by atoms with Crippen LogP contribution < -0.4 is 4.90 Å². The minimum atomic E-state index is -0.904. The van der Waals surface area contributed by atoms with Crippen LogP contribution in [0.1, 0.15) is 16.6 Å². The van der Waals surface area contributed by atoms with Crippen molar-refractivity contribution in [3.63, 3.8) is 0 Å². The number of aliphatic carboxylic acids is 1. The maximum Gasteiger partial charge on any atom is 0.308 e. The van der Waals surface area contributed by atoms with Crippen molar-refractivity contribution in [3.05, 3.63) is 10.9 Å². The fraction of sp³-hybridized carbons (Fsp3) is 0.462. The van der Waals surface area contributed by atoms with Crippen LogP contribution in [0, 0.1) is 5.92 Å². The van der Waals surface area contributed by atoms with E-state index < -0.39 is 11.9 Å². The van der Waals surface area contributed by atoms with Gasteiger partial charge in [0, 0.05) is 27.7 Å². The molecule has 0 bridgehead atoms. The minimum absolute atomic E-state index is 0.162. The monoisotopic (exact) mass is 327 g/mol. The van der Waals surface area contributed by atoms with Crippen LogP contribution in [0.15, 0.2) is 6.07 Å². The lowest BCUT2D eigenvalue weighted by Crippen LogP contribution is -2.33. The van der Waals surface area contributed by atoms with E-state index in [0.29, 0.717) is 4.88 Å². The zero-order chi connectivity index (χ0) is 15.7. The summed E-state index contributed by atoms with van der Waals surface area (Å²) in [5, 5.41) is 9.80. The van der Waals surface area contributed by atoms with Crippen LogP contribution in [0.5, 0.6) is 0 Å². The number of hydrogen-bond acceptors (Lipinski definition) is 6. The molecule has 8 heteroatoms. The predicted molar refractivity (Wildman–Crippen MR) is 85.6 cm³/mol. The van der Waals surface area contributed by atoms with Crippen LogP contribution in [0.3, 0.4) is 0 Å². The van der Waals surface area contributed by atoms with Gasteiger partial charge in [0.05, 0.1) is 15.5 Å². The highest BCUT2D eigenvalue weighted by molar-refractivity contribution is 7.29. The van der Waals surface area contributed by atoms with Gasteiger partial charge in [-0.05, 0) is 6.07 Å². The van der Waals surface area contributed by atoms with Crippen molar-refractivity contribution in [2.45, 2.75) is 6.92 Å². The lowest BCUT2D eigenvalue weighted by Gasteiger charge is -2.18. The lowest BCUT2D eigenvalue weighted by molar-refractivity contribution is -0.141. The summed E-state index contributed by atoms with van der Waals surface area (Å²) in [6.45, 7) is 1.78. The predicted octanol–water partition coefficient (Wildman–Crippen LogP) is 2.22. The number of nitrogens with zero attached hydrogens (tertiary/aromatic N) is 3. The molecule has 0 radical (unpaired) electrons. The number of carbonyl (C=O) groups is 2. The number of aromatic nitrogens is 1. The Labute approximate surface area is 130 Å². The molecule has 0 aromatic carbocycles. The first kappa shape index (κ1) is 15.7. The summed E-state index contributed by atoms with van der Waals surface area (Å²) in [6.07, 6.45) is 0. The highest BCUT2D eigenvalue weighted by Gasteiger charge is 2.21. The number of thiophene rings is 1. The Hall–Kier alpha value is -1.67. The van der Waals surface area contributed by atoms with Crippen LogP contribution in [0.25, 0.3) is 9.53 Å². The lowest BCUT2D eigenvalue weighted by atomic mass is 10.2. The number of fused-ring (bicyclic) bond motifs is 1. The molecule has 114 valence electrons. The third kappa shape index (κ3) is 3.33. The average molecular weight is 327 g/mol. The molecular formula is C13H17N3O3S2. The Kier molecular flexibility index (Phi) is 4.48. The van der Waals surface area contributed by atoms with Gasteiger partial charge in [-0.15, -0.1) is 11.3 Å². The smallest absolute Gasteiger partial charge is 0.308 e. The summed E-state index contributed by atoms with van der Waals surface area (Å²) in [5.41, 5.74) is 0. The zero-order valence-electron chi connectivity index (χ0n) is 12.3. The fourth-order valence-corrected chi connectivity index (χ4v) is 3.91. The molecule has 2 heterocycles. The fourth-order valence-electron chi connectivity index (χ4n) is 1.78. The van der Waals surface area contributed by atoms with Gasteiger partial charge in [0.25, 0.3) is 5.91 Å². The van der Waals surface area contributed by atoms with Crippen LogP contribution >= 0.6 is 22.7 Å². The van der Waals surface area contributed by atoms with Gasteiger partial charge in [-0.1, -0.05) is 18.3 Å². The van der Waals surface area contributed by atoms with E-state index in [1.165, 1.54) is 27.6 Å². The quantitative estimate of drug-likeness (QED) is 0.911. The molecule has 0 aliphatic carbocycles. The SMILES string of the molecule is CC(CN(C)C(=O)c1cc2sc(N(C)C)nc2s1)C(=O)O. The van der Waals surface area contributed by atoms with E-state index in [2.05, 4.69) is 4.98 Å². The highest BCUT2D eigenvalue weighted by Crippen LogP contribution is 2.34. The van der Waals surface area contributed by atoms with E-state index in [1.807, 2.05) is 25.1 Å². The number of amides is 1. The van der Waals surface area contributed by atoms with E-state index in [-0.39, 0.29) is 12.5 Å². The van der Waals surface area contributed by atoms with Gasteiger partial charge >= 0.3 is 5.97 Å². The van der Waals surface area contributed by atoms with Gasteiger partial charge in [-0.2, -0.15) is 0 Å². The van der Waals surface area contributed by atoms with E-state index in [4.69, 9.17) is 5.11 Å². The van der Waals surface area contributed by atoms with E-state index >= 15 is 0 Å². The summed E-state index contributed by atoms with van der Waals surface area (Å²) in [6, 6.07) is 1.83. The average Bonchev–Trinajstić information content (AvgIpc) is 2.95. The summed E-state index contributed by atoms with van der Waals surface area (Å²) < 4.78 is 0.978. The standard InChI is InChI=1S/C13H17N3O3S2/c1-7(12(18)19)6-16(4)11(17)9-5-8-10(20-9)14-13(21-8)15(2)3/h5,7H,6H2,1-4H3,(H,18,19). The van der Waals surface area contributed by atoms with Gasteiger partial charge in [-0.25, -0.2) is 4.98 Å². The first-order valence-corrected chi connectivity index (χ1v) is 7.99. The van der Waals surface area contributed by atoms with Crippen LogP contribution in [0.4, 0.5) is 5.13 Å². The Morgan fingerprint density at radius 1 is 1.33 bits per heavy atom. The summed E-state index contributed by atoms with van der Waals surface area (Å²) in [7, 11) is 5.47. The maximum absolute atomic E-state index is 12.3. The zero-order valence-corrected chi connectivity index (χ0v) is 13.9. The number of carbonyl (C=O) groups excluding carboxylic acids is 1. The molecule has 21 heavy (non-hydrogen) atoms. The van der Waals surface area contributed by atoms with Gasteiger partial charge in [0.1, 0.15) is 4.83 Å². The normalized spacial score (nSPS) is 12.4. The Morgan fingerprint density at radius 2 is 2.00 bits per heavy atom. The van der Waals surface area contributed by atoms with Gasteiger partial charge in [0.15, 0.2) is 5.13 Å². The molecule has 0 saturated carbocycles. The van der Waals surface area contributed by atoms with E-state index in [0.717, 1.165) is 14.7 Å². The van der Waals surface area contributed by atoms with Crippen molar-refractivity contribution in [2.24, 2.45) is 5.92 Å². The molecule has 0 aliphatic heterocycles. The Morgan fingerprint density at radius 3 is 2.52 bits per heavy atom.